The zero-order chi connectivity index (χ0) is 13.9. The summed E-state index contributed by atoms with van der Waals surface area (Å²) in [6.45, 7) is 2.10. The van der Waals surface area contributed by atoms with E-state index in [1.54, 1.807) is 0 Å². The van der Waals surface area contributed by atoms with Crippen LogP contribution in [0.4, 0.5) is 0 Å². The first-order valence-corrected chi connectivity index (χ1v) is 7.31. The minimum absolute atomic E-state index is 0.976. The minimum atomic E-state index is 0.976. The summed E-state index contributed by atoms with van der Waals surface area (Å²) in [5.41, 5.74) is 4.44. The normalized spacial score (nSPS) is 11.3. The van der Waals surface area contributed by atoms with Crippen LogP contribution in [0.5, 0.6) is 0 Å². The topological polar surface area (TPSA) is 12.9 Å². The Morgan fingerprint density at radius 1 is 0.900 bits per heavy atom. The van der Waals surface area contributed by atoms with Gasteiger partial charge in [0.1, 0.15) is 0 Å². The van der Waals surface area contributed by atoms with Gasteiger partial charge < -0.3 is 0 Å². The van der Waals surface area contributed by atoms with Crippen LogP contribution in [0, 0.1) is 6.92 Å². The van der Waals surface area contributed by atoms with Gasteiger partial charge in [0.05, 0.1) is 11.2 Å². The molecule has 0 aliphatic rings. The third-order valence-corrected chi connectivity index (χ3v) is 3.71. The Morgan fingerprint density at radius 2 is 1.70 bits per heavy atom. The number of aromatic nitrogens is 1. The maximum atomic E-state index is 4.65. The van der Waals surface area contributed by atoms with Crippen LogP contribution in [0.25, 0.3) is 23.1 Å². The maximum absolute atomic E-state index is 4.65. The predicted octanol–water partition coefficient (Wildman–Crippen LogP) is 5.48. The van der Waals surface area contributed by atoms with Crippen LogP contribution in [-0.4, -0.2) is 4.98 Å². The van der Waals surface area contributed by atoms with Crippen molar-refractivity contribution in [3.63, 3.8) is 0 Å². The van der Waals surface area contributed by atoms with E-state index in [0.29, 0.717) is 0 Å². The van der Waals surface area contributed by atoms with Crippen LogP contribution in [0.1, 0.15) is 16.8 Å². The number of halogens is 1. The lowest BCUT2D eigenvalue weighted by molar-refractivity contribution is 1.36. The third-order valence-electron chi connectivity index (χ3n) is 3.18. The van der Waals surface area contributed by atoms with Crippen LogP contribution < -0.4 is 0 Å². The Bertz CT molecular complexity index is 773. The number of pyridine rings is 1. The van der Waals surface area contributed by atoms with E-state index in [-0.39, 0.29) is 0 Å². The lowest BCUT2D eigenvalue weighted by Crippen LogP contribution is -1.84. The molecule has 0 N–H and O–H groups in total. The standard InChI is InChI=1S/C18H14BrN/c1-13-2-11-18-15(12-13)6-10-17(20-18)9-5-14-3-7-16(19)8-4-14/h2-12H,1H3/b9-5+. The number of rotatable bonds is 2. The summed E-state index contributed by atoms with van der Waals surface area (Å²) in [5.74, 6) is 0. The molecule has 0 aliphatic heterocycles. The second kappa shape index (κ2) is 5.59. The predicted molar refractivity (Wildman–Crippen MR) is 89.6 cm³/mol. The summed E-state index contributed by atoms with van der Waals surface area (Å²) in [7, 11) is 0. The van der Waals surface area contributed by atoms with Crippen LogP contribution in [0.15, 0.2) is 59.1 Å². The van der Waals surface area contributed by atoms with Gasteiger partial charge in [0.2, 0.25) is 0 Å². The molecule has 0 aliphatic carbocycles. The Morgan fingerprint density at radius 3 is 2.50 bits per heavy atom. The molecule has 1 heterocycles. The number of fused-ring (bicyclic) bond motifs is 1. The summed E-state index contributed by atoms with van der Waals surface area (Å²) in [6, 6.07) is 18.7. The quantitative estimate of drug-likeness (QED) is 0.608. The van der Waals surface area contributed by atoms with Crippen LogP contribution in [0.3, 0.4) is 0 Å². The van der Waals surface area contributed by atoms with Crippen LogP contribution >= 0.6 is 15.9 Å². The van der Waals surface area contributed by atoms with Crippen molar-refractivity contribution in [1.29, 1.82) is 0 Å². The van der Waals surface area contributed by atoms with Crippen molar-refractivity contribution in [3.05, 3.63) is 75.9 Å². The van der Waals surface area contributed by atoms with Crippen molar-refractivity contribution >= 4 is 39.0 Å². The van der Waals surface area contributed by atoms with Gasteiger partial charge >= 0.3 is 0 Å². The van der Waals surface area contributed by atoms with Gasteiger partial charge in [-0.3, -0.25) is 0 Å². The molecule has 0 fully saturated rings. The molecule has 0 saturated heterocycles. The second-order valence-corrected chi connectivity index (χ2v) is 5.73. The number of benzene rings is 2. The van der Waals surface area contributed by atoms with E-state index in [1.165, 1.54) is 16.5 Å². The largest absolute Gasteiger partial charge is 0.248 e. The molecule has 0 atom stereocenters. The number of hydrogen-bond acceptors (Lipinski definition) is 1. The van der Waals surface area contributed by atoms with Crippen molar-refractivity contribution < 1.29 is 0 Å². The van der Waals surface area contributed by atoms with Crippen LogP contribution in [0.2, 0.25) is 0 Å². The van der Waals surface area contributed by atoms with Gasteiger partial charge in [0.25, 0.3) is 0 Å². The Balaban J connectivity index is 1.90. The van der Waals surface area contributed by atoms with Gasteiger partial charge in [-0.05, 0) is 48.9 Å². The molecule has 98 valence electrons. The van der Waals surface area contributed by atoms with E-state index < -0.39 is 0 Å². The van der Waals surface area contributed by atoms with E-state index in [4.69, 9.17) is 0 Å². The molecule has 3 rings (SSSR count). The summed E-state index contributed by atoms with van der Waals surface area (Å²) in [4.78, 5) is 4.65. The molecule has 0 unspecified atom stereocenters. The molecule has 2 heteroatoms. The average Bonchev–Trinajstić information content (AvgIpc) is 2.46. The zero-order valence-corrected chi connectivity index (χ0v) is 12.8. The fourth-order valence-electron chi connectivity index (χ4n) is 2.11. The first kappa shape index (κ1) is 13.1. The molecule has 0 radical (unpaired) electrons. The SMILES string of the molecule is Cc1ccc2nc(/C=C/c3ccc(Br)cc3)ccc2c1. The van der Waals surface area contributed by atoms with Crippen molar-refractivity contribution in [1.82, 2.24) is 4.98 Å². The van der Waals surface area contributed by atoms with Crippen molar-refractivity contribution in [2.45, 2.75) is 6.92 Å². The molecule has 20 heavy (non-hydrogen) atoms. The Kier molecular flexibility index (Phi) is 3.66. The lowest BCUT2D eigenvalue weighted by Gasteiger charge is -2.00. The van der Waals surface area contributed by atoms with Gasteiger partial charge in [-0.25, -0.2) is 4.98 Å². The molecule has 2 aromatic carbocycles. The fourth-order valence-corrected chi connectivity index (χ4v) is 2.37. The Labute approximate surface area is 127 Å². The second-order valence-electron chi connectivity index (χ2n) is 4.82. The zero-order valence-electron chi connectivity index (χ0n) is 11.2. The summed E-state index contributed by atoms with van der Waals surface area (Å²) >= 11 is 3.44. The highest BCUT2D eigenvalue weighted by Crippen LogP contribution is 2.16. The Hall–Kier alpha value is -1.93. The van der Waals surface area contributed by atoms with Crippen molar-refractivity contribution in [3.8, 4) is 0 Å². The highest BCUT2D eigenvalue weighted by atomic mass is 79.9. The molecule has 3 aromatic rings. The number of nitrogens with zero attached hydrogens (tertiary/aromatic N) is 1. The summed E-state index contributed by atoms with van der Waals surface area (Å²) in [6.07, 6.45) is 4.12. The molecule has 0 amide bonds. The maximum Gasteiger partial charge on any atom is 0.0709 e. The van der Waals surface area contributed by atoms with Crippen molar-refractivity contribution in [2.24, 2.45) is 0 Å². The van der Waals surface area contributed by atoms with Gasteiger partial charge in [0.15, 0.2) is 0 Å². The third kappa shape index (κ3) is 2.97. The molecule has 0 saturated carbocycles. The van der Waals surface area contributed by atoms with E-state index in [2.05, 4.69) is 76.4 Å². The minimum Gasteiger partial charge on any atom is -0.248 e. The van der Waals surface area contributed by atoms with Gasteiger partial charge in [-0.1, -0.05) is 51.8 Å². The highest BCUT2D eigenvalue weighted by Gasteiger charge is 1.96. The molecule has 0 bridgehead atoms. The van der Waals surface area contributed by atoms with Crippen LogP contribution in [-0.2, 0) is 0 Å². The molecular weight excluding hydrogens is 310 g/mol. The van der Waals surface area contributed by atoms with Crippen molar-refractivity contribution in [2.75, 3.05) is 0 Å². The fraction of sp³-hybridized carbons (Fsp3) is 0.0556. The molecule has 1 nitrogen and oxygen atoms in total. The summed E-state index contributed by atoms with van der Waals surface area (Å²) < 4.78 is 1.09. The molecule has 1 aromatic heterocycles. The molecule has 0 spiro atoms. The van der Waals surface area contributed by atoms with Gasteiger partial charge in [-0.2, -0.15) is 0 Å². The van der Waals surface area contributed by atoms with E-state index in [0.717, 1.165) is 15.7 Å². The molecular formula is C18H14BrN. The number of aryl methyl sites for hydroxylation is 1. The monoisotopic (exact) mass is 323 g/mol. The first-order chi connectivity index (χ1) is 9.70. The lowest BCUT2D eigenvalue weighted by atomic mass is 10.1. The van der Waals surface area contributed by atoms with E-state index >= 15 is 0 Å². The highest BCUT2D eigenvalue weighted by molar-refractivity contribution is 9.10. The van der Waals surface area contributed by atoms with E-state index in [1.807, 2.05) is 18.2 Å². The average molecular weight is 324 g/mol. The summed E-state index contributed by atoms with van der Waals surface area (Å²) in [5, 5.41) is 1.19. The van der Waals surface area contributed by atoms with E-state index in [9.17, 15) is 0 Å². The first-order valence-electron chi connectivity index (χ1n) is 6.52. The smallest absolute Gasteiger partial charge is 0.0709 e. The van der Waals surface area contributed by atoms with Gasteiger partial charge in [0, 0.05) is 9.86 Å². The number of hydrogen-bond donors (Lipinski definition) is 0. The van der Waals surface area contributed by atoms with Gasteiger partial charge in [-0.15, -0.1) is 0 Å².